The van der Waals surface area contributed by atoms with Gasteiger partial charge >= 0.3 is 5.97 Å². The summed E-state index contributed by atoms with van der Waals surface area (Å²) >= 11 is 0. The number of carbonyl (C=O) groups excluding carboxylic acids is 1. The molecule has 0 N–H and O–H groups in total. The normalized spacial score (nSPS) is 10.2. The van der Waals surface area contributed by atoms with Crippen molar-refractivity contribution in [3.05, 3.63) is 65.2 Å². The van der Waals surface area contributed by atoms with Crippen molar-refractivity contribution in [1.29, 1.82) is 5.26 Å². The predicted molar refractivity (Wildman–Crippen MR) is 87.0 cm³/mol. The Kier molecular flexibility index (Phi) is 5.76. The first-order chi connectivity index (χ1) is 11.1. The second-order valence-electron chi connectivity index (χ2n) is 5.48. The topological polar surface area (TPSA) is 59.3 Å². The van der Waals surface area contributed by atoms with Gasteiger partial charge in [-0.05, 0) is 41.3 Å². The van der Waals surface area contributed by atoms with Crippen LogP contribution in [-0.4, -0.2) is 12.6 Å². The van der Waals surface area contributed by atoms with Gasteiger partial charge < -0.3 is 9.47 Å². The zero-order chi connectivity index (χ0) is 16.7. The lowest BCUT2D eigenvalue weighted by Crippen LogP contribution is -2.14. The first-order valence-corrected chi connectivity index (χ1v) is 7.46. The van der Waals surface area contributed by atoms with E-state index in [-0.39, 0.29) is 13.2 Å². The average molecular weight is 309 g/mol. The molecule has 0 unspecified atom stereocenters. The van der Waals surface area contributed by atoms with Crippen molar-refractivity contribution < 1.29 is 14.3 Å². The fourth-order valence-corrected chi connectivity index (χ4v) is 1.97. The van der Waals surface area contributed by atoms with Crippen LogP contribution in [0.4, 0.5) is 0 Å². The predicted octanol–water partition coefficient (Wildman–Crippen LogP) is 3.80. The monoisotopic (exact) mass is 309 g/mol. The van der Waals surface area contributed by atoms with E-state index in [9.17, 15) is 4.79 Å². The summed E-state index contributed by atoms with van der Waals surface area (Å²) in [4.78, 5) is 11.7. The van der Waals surface area contributed by atoms with Gasteiger partial charge in [0.25, 0.3) is 0 Å². The molecular weight excluding hydrogens is 290 g/mol. The summed E-state index contributed by atoms with van der Waals surface area (Å²) in [5.74, 6) is 0.581. The molecule has 0 heterocycles. The average Bonchev–Trinajstić information content (AvgIpc) is 2.59. The molecule has 2 aromatic carbocycles. The van der Waals surface area contributed by atoms with Gasteiger partial charge in [-0.1, -0.05) is 38.1 Å². The van der Waals surface area contributed by atoms with Crippen LogP contribution in [0.2, 0.25) is 0 Å². The Morgan fingerprint density at radius 1 is 1.09 bits per heavy atom. The highest BCUT2D eigenvalue weighted by atomic mass is 16.6. The Labute approximate surface area is 136 Å². The molecule has 0 aliphatic carbocycles. The van der Waals surface area contributed by atoms with Crippen molar-refractivity contribution in [3.63, 3.8) is 0 Å². The number of benzene rings is 2. The van der Waals surface area contributed by atoms with E-state index >= 15 is 0 Å². The number of nitrogens with zero attached hydrogens (tertiary/aromatic N) is 1. The Bertz CT molecular complexity index is 682. The fraction of sp³-hybridized carbons (Fsp3) is 0.263. The molecule has 0 amide bonds. The standard InChI is InChI=1S/C19H19NO3/c1-14(2)17-7-3-16(4-8-17)12-23-19(21)13-22-18-9-5-15(11-20)6-10-18/h3-10,14H,12-13H2,1-2H3. The minimum absolute atomic E-state index is 0.157. The van der Waals surface area contributed by atoms with Gasteiger partial charge in [0, 0.05) is 0 Å². The highest BCUT2D eigenvalue weighted by molar-refractivity contribution is 5.71. The summed E-state index contributed by atoms with van der Waals surface area (Å²) in [6.45, 7) is 4.34. The van der Waals surface area contributed by atoms with Crippen LogP contribution in [0.3, 0.4) is 0 Å². The van der Waals surface area contributed by atoms with Gasteiger partial charge in [-0.15, -0.1) is 0 Å². The number of hydrogen-bond donors (Lipinski definition) is 0. The maximum Gasteiger partial charge on any atom is 0.344 e. The smallest absolute Gasteiger partial charge is 0.344 e. The van der Waals surface area contributed by atoms with Crippen molar-refractivity contribution in [2.45, 2.75) is 26.4 Å². The SMILES string of the molecule is CC(C)c1ccc(COC(=O)COc2ccc(C#N)cc2)cc1. The summed E-state index contributed by atoms with van der Waals surface area (Å²) in [6.07, 6.45) is 0. The number of carbonyl (C=O) groups is 1. The first-order valence-electron chi connectivity index (χ1n) is 7.46. The summed E-state index contributed by atoms with van der Waals surface area (Å²) in [7, 11) is 0. The molecule has 0 aromatic heterocycles. The summed E-state index contributed by atoms with van der Waals surface area (Å²) in [5.41, 5.74) is 2.75. The summed E-state index contributed by atoms with van der Waals surface area (Å²) < 4.78 is 10.5. The van der Waals surface area contributed by atoms with Crippen molar-refractivity contribution >= 4 is 5.97 Å². The minimum atomic E-state index is -0.428. The third-order valence-corrected chi connectivity index (χ3v) is 3.39. The molecule has 0 bridgehead atoms. The molecule has 0 aliphatic heterocycles. The Hall–Kier alpha value is -2.80. The van der Waals surface area contributed by atoms with Crippen LogP contribution in [0, 0.1) is 11.3 Å². The van der Waals surface area contributed by atoms with Gasteiger partial charge in [0.05, 0.1) is 11.6 Å². The molecule has 2 rings (SSSR count). The van der Waals surface area contributed by atoms with Gasteiger partial charge in [-0.2, -0.15) is 5.26 Å². The second-order valence-corrected chi connectivity index (χ2v) is 5.48. The largest absolute Gasteiger partial charge is 0.482 e. The van der Waals surface area contributed by atoms with Crippen LogP contribution >= 0.6 is 0 Å². The highest BCUT2D eigenvalue weighted by Crippen LogP contribution is 2.15. The lowest BCUT2D eigenvalue weighted by atomic mass is 10.0. The first kappa shape index (κ1) is 16.6. The van der Waals surface area contributed by atoms with Crippen LogP contribution in [0.5, 0.6) is 5.75 Å². The summed E-state index contributed by atoms with van der Waals surface area (Å²) in [5, 5.41) is 8.71. The minimum Gasteiger partial charge on any atom is -0.482 e. The molecule has 2 aromatic rings. The molecule has 23 heavy (non-hydrogen) atoms. The van der Waals surface area contributed by atoms with E-state index in [2.05, 4.69) is 13.8 Å². The van der Waals surface area contributed by atoms with Crippen LogP contribution in [0.15, 0.2) is 48.5 Å². The third kappa shape index (κ3) is 5.15. The quantitative estimate of drug-likeness (QED) is 0.761. The van der Waals surface area contributed by atoms with Crippen LogP contribution in [0.1, 0.15) is 36.5 Å². The van der Waals surface area contributed by atoms with E-state index in [1.807, 2.05) is 30.3 Å². The molecule has 0 aliphatic rings. The van der Waals surface area contributed by atoms with Crippen LogP contribution in [-0.2, 0) is 16.1 Å². The number of nitriles is 1. The summed E-state index contributed by atoms with van der Waals surface area (Å²) in [6, 6.07) is 16.6. The van der Waals surface area contributed by atoms with Gasteiger partial charge in [-0.3, -0.25) is 0 Å². The Morgan fingerprint density at radius 2 is 1.74 bits per heavy atom. The van der Waals surface area contributed by atoms with Crippen molar-refractivity contribution in [3.8, 4) is 11.8 Å². The molecule has 4 nitrogen and oxygen atoms in total. The van der Waals surface area contributed by atoms with Gasteiger partial charge in [0.15, 0.2) is 6.61 Å². The molecule has 118 valence electrons. The van der Waals surface area contributed by atoms with Gasteiger partial charge in [-0.25, -0.2) is 4.79 Å². The van der Waals surface area contributed by atoms with Crippen molar-refractivity contribution in [1.82, 2.24) is 0 Å². The van der Waals surface area contributed by atoms with E-state index in [1.165, 1.54) is 5.56 Å². The number of rotatable bonds is 6. The lowest BCUT2D eigenvalue weighted by Gasteiger charge is -2.09. The van der Waals surface area contributed by atoms with Crippen molar-refractivity contribution in [2.75, 3.05) is 6.61 Å². The number of ether oxygens (including phenoxy) is 2. The third-order valence-electron chi connectivity index (χ3n) is 3.39. The van der Waals surface area contributed by atoms with Crippen LogP contribution < -0.4 is 4.74 Å². The second kappa shape index (κ2) is 8.00. The van der Waals surface area contributed by atoms with E-state index in [4.69, 9.17) is 14.7 Å². The molecule has 4 heteroatoms. The zero-order valence-corrected chi connectivity index (χ0v) is 13.3. The zero-order valence-electron chi connectivity index (χ0n) is 13.3. The molecule has 0 saturated carbocycles. The van der Waals surface area contributed by atoms with Gasteiger partial charge in [0.2, 0.25) is 0 Å². The maximum absolute atomic E-state index is 11.7. The molecule has 0 atom stereocenters. The molecule has 0 radical (unpaired) electrons. The molecular formula is C19H19NO3. The highest BCUT2D eigenvalue weighted by Gasteiger charge is 2.06. The van der Waals surface area contributed by atoms with E-state index in [0.717, 1.165) is 5.56 Å². The molecule has 0 fully saturated rings. The van der Waals surface area contributed by atoms with E-state index < -0.39 is 5.97 Å². The Morgan fingerprint density at radius 3 is 2.30 bits per heavy atom. The molecule has 0 spiro atoms. The van der Waals surface area contributed by atoms with Crippen LogP contribution in [0.25, 0.3) is 0 Å². The maximum atomic E-state index is 11.7. The Balaban J connectivity index is 1.77. The van der Waals surface area contributed by atoms with E-state index in [1.54, 1.807) is 24.3 Å². The number of hydrogen-bond acceptors (Lipinski definition) is 4. The molecule has 0 saturated heterocycles. The van der Waals surface area contributed by atoms with E-state index in [0.29, 0.717) is 17.2 Å². The number of esters is 1. The fourth-order valence-electron chi connectivity index (χ4n) is 1.97. The lowest BCUT2D eigenvalue weighted by molar-refractivity contribution is -0.147. The van der Waals surface area contributed by atoms with Crippen molar-refractivity contribution in [2.24, 2.45) is 0 Å². The van der Waals surface area contributed by atoms with Gasteiger partial charge in [0.1, 0.15) is 12.4 Å².